The van der Waals surface area contributed by atoms with E-state index in [4.69, 9.17) is 5.73 Å². The van der Waals surface area contributed by atoms with Gasteiger partial charge in [-0.05, 0) is 24.3 Å². The van der Waals surface area contributed by atoms with Crippen molar-refractivity contribution < 1.29 is 0 Å². The van der Waals surface area contributed by atoms with E-state index < -0.39 is 0 Å². The molecule has 1 spiro atoms. The summed E-state index contributed by atoms with van der Waals surface area (Å²) in [6.07, 6.45) is 2.45. The summed E-state index contributed by atoms with van der Waals surface area (Å²) >= 11 is 0. The van der Waals surface area contributed by atoms with Crippen LogP contribution in [0.25, 0.3) is 0 Å². The van der Waals surface area contributed by atoms with Crippen LogP contribution in [0.4, 0.5) is 0 Å². The summed E-state index contributed by atoms with van der Waals surface area (Å²) in [5.41, 5.74) is 7.58. The van der Waals surface area contributed by atoms with Crippen LogP contribution < -0.4 is 5.73 Å². The molecule has 90 valence electrons. The molecule has 3 heteroatoms. The summed E-state index contributed by atoms with van der Waals surface area (Å²) in [4.78, 5) is 6.75. The molecule has 1 aromatic rings. The van der Waals surface area contributed by atoms with Gasteiger partial charge in [0, 0.05) is 6.54 Å². The smallest absolute Gasteiger partial charge is 0.192 e. The van der Waals surface area contributed by atoms with E-state index in [-0.39, 0.29) is 5.54 Å². The van der Waals surface area contributed by atoms with E-state index in [0.717, 1.165) is 25.0 Å². The van der Waals surface area contributed by atoms with Crippen molar-refractivity contribution in [3.05, 3.63) is 35.9 Å². The Hall–Kier alpha value is -1.51. The number of guanidine groups is 1. The van der Waals surface area contributed by atoms with Crippen LogP contribution in [0.15, 0.2) is 35.3 Å². The van der Waals surface area contributed by atoms with E-state index in [1.54, 1.807) is 0 Å². The van der Waals surface area contributed by atoms with E-state index in [1.165, 1.54) is 18.4 Å². The summed E-state index contributed by atoms with van der Waals surface area (Å²) in [7, 11) is 0. The van der Waals surface area contributed by atoms with Crippen LogP contribution in [0.1, 0.15) is 25.3 Å². The maximum absolute atomic E-state index is 6.03. The van der Waals surface area contributed by atoms with Gasteiger partial charge in [0.1, 0.15) is 0 Å². The third kappa shape index (κ3) is 1.70. The fraction of sp³-hybridized carbons (Fsp3) is 0.500. The highest BCUT2D eigenvalue weighted by Gasteiger charge is 2.50. The second kappa shape index (κ2) is 3.76. The van der Waals surface area contributed by atoms with Gasteiger partial charge >= 0.3 is 0 Å². The van der Waals surface area contributed by atoms with Gasteiger partial charge in [-0.25, -0.2) is 0 Å². The minimum Gasteiger partial charge on any atom is -0.370 e. The molecule has 3 rings (SSSR count). The summed E-state index contributed by atoms with van der Waals surface area (Å²) in [5.74, 6) is 1.54. The molecule has 0 radical (unpaired) electrons. The van der Waals surface area contributed by atoms with Gasteiger partial charge in [-0.3, -0.25) is 4.99 Å². The minimum absolute atomic E-state index is 0.235. The SMILES string of the molecule is CC1CC2(CN=C(N)N2Cc2ccccc2)C1. The number of hydrogen-bond acceptors (Lipinski definition) is 3. The van der Waals surface area contributed by atoms with Crippen molar-refractivity contribution in [2.45, 2.75) is 31.8 Å². The van der Waals surface area contributed by atoms with Gasteiger partial charge < -0.3 is 10.6 Å². The fourth-order valence-electron chi connectivity index (χ4n) is 3.24. The minimum atomic E-state index is 0.235. The van der Waals surface area contributed by atoms with Gasteiger partial charge in [-0.15, -0.1) is 0 Å². The number of nitrogens with zero attached hydrogens (tertiary/aromatic N) is 2. The van der Waals surface area contributed by atoms with Crippen LogP contribution in [0.2, 0.25) is 0 Å². The van der Waals surface area contributed by atoms with Crippen LogP contribution in [0, 0.1) is 5.92 Å². The average molecular weight is 229 g/mol. The van der Waals surface area contributed by atoms with Gasteiger partial charge in [0.15, 0.2) is 5.96 Å². The van der Waals surface area contributed by atoms with Crippen LogP contribution in [-0.4, -0.2) is 22.9 Å². The highest BCUT2D eigenvalue weighted by molar-refractivity contribution is 5.81. The standard InChI is InChI=1S/C14H19N3/c1-11-7-14(8-11)10-16-13(15)17(14)9-12-5-3-2-4-6-12/h2-6,11H,7-10H2,1H3,(H2,15,16). The van der Waals surface area contributed by atoms with Crippen LogP contribution >= 0.6 is 0 Å². The number of aliphatic imine (C=N–C) groups is 1. The average Bonchev–Trinajstić information content (AvgIpc) is 2.60. The molecule has 2 N–H and O–H groups in total. The highest BCUT2D eigenvalue weighted by Crippen LogP contribution is 2.45. The Balaban J connectivity index is 1.79. The van der Waals surface area contributed by atoms with Gasteiger partial charge in [0.2, 0.25) is 0 Å². The lowest BCUT2D eigenvalue weighted by atomic mass is 9.68. The summed E-state index contributed by atoms with van der Waals surface area (Å²) in [6, 6.07) is 10.5. The molecule has 0 amide bonds. The van der Waals surface area contributed by atoms with Gasteiger partial charge in [0.25, 0.3) is 0 Å². The van der Waals surface area contributed by atoms with Gasteiger partial charge in [-0.1, -0.05) is 37.3 Å². The summed E-state index contributed by atoms with van der Waals surface area (Å²) < 4.78 is 0. The van der Waals surface area contributed by atoms with Gasteiger partial charge in [0.05, 0.1) is 12.1 Å². The van der Waals surface area contributed by atoms with Crippen LogP contribution in [-0.2, 0) is 6.54 Å². The van der Waals surface area contributed by atoms with E-state index >= 15 is 0 Å². The third-order valence-electron chi connectivity index (χ3n) is 4.02. The molecule has 1 fully saturated rings. The Morgan fingerprint density at radius 1 is 1.35 bits per heavy atom. The molecular formula is C14H19N3. The summed E-state index contributed by atoms with van der Waals surface area (Å²) in [6.45, 7) is 4.08. The maximum atomic E-state index is 6.03. The van der Waals surface area contributed by atoms with Gasteiger partial charge in [-0.2, -0.15) is 0 Å². The molecule has 1 aromatic carbocycles. The molecule has 1 heterocycles. The molecule has 1 aliphatic heterocycles. The number of hydrogen-bond donors (Lipinski definition) is 1. The van der Waals surface area contributed by atoms with Crippen molar-refractivity contribution in [1.29, 1.82) is 0 Å². The summed E-state index contributed by atoms with van der Waals surface area (Å²) in [5, 5.41) is 0. The Bertz CT molecular complexity index is 432. The van der Waals surface area contributed by atoms with E-state index in [2.05, 4.69) is 41.1 Å². The number of rotatable bonds is 2. The molecular weight excluding hydrogens is 210 g/mol. The first-order valence-corrected chi connectivity index (χ1v) is 6.31. The lowest BCUT2D eigenvalue weighted by molar-refractivity contribution is 0.0462. The van der Waals surface area contributed by atoms with Crippen molar-refractivity contribution in [3.8, 4) is 0 Å². The van der Waals surface area contributed by atoms with Crippen molar-refractivity contribution >= 4 is 5.96 Å². The quantitative estimate of drug-likeness (QED) is 0.842. The normalized spacial score (nSPS) is 31.5. The Morgan fingerprint density at radius 2 is 2.06 bits per heavy atom. The van der Waals surface area contributed by atoms with E-state index in [1.807, 2.05) is 6.07 Å². The first-order valence-electron chi connectivity index (χ1n) is 6.31. The second-order valence-electron chi connectivity index (χ2n) is 5.48. The molecule has 1 saturated carbocycles. The third-order valence-corrected chi connectivity index (χ3v) is 4.02. The largest absolute Gasteiger partial charge is 0.370 e. The predicted molar refractivity (Wildman–Crippen MR) is 69.6 cm³/mol. The molecule has 3 nitrogen and oxygen atoms in total. The monoisotopic (exact) mass is 229 g/mol. The van der Waals surface area contributed by atoms with Crippen molar-refractivity contribution in [1.82, 2.24) is 4.90 Å². The molecule has 0 unspecified atom stereocenters. The predicted octanol–water partition coefficient (Wildman–Crippen LogP) is 1.99. The molecule has 0 aromatic heterocycles. The molecule has 17 heavy (non-hydrogen) atoms. The zero-order valence-corrected chi connectivity index (χ0v) is 10.3. The zero-order valence-electron chi connectivity index (χ0n) is 10.3. The fourth-order valence-corrected chi connectivity index (χ4v) is 3.24. The van der Waals surface area contributed by atoms with Crippen LogP contribution in [0.5, 0.6) is 0 Å². The number of benzene rings is 1. The maximum Gasteiger partial charge on any atom is 0.192 e. The highest BCUT2D eigenvalue weighted by atomic mass is 15.4. The molecule has 2 aliphatic rings. The molecule has 0 atom stereocenters. The Morgan fingerprint density at radius 3 is 2.71 bits per heavy atom. The van der Waals surface area contributed by atoms with Crippen LogP contribution in [0.3, 0.4) is 0 Å². The van der Waals surface area contributed by atoms with E-state index in [9.17, 15) is 0 Å². The molecule has 0 bridgehead atoms. The van der Waals surface area contributed by atoms with Crippen molar-refractivity contribution in [2.24, 2.45) is 16.6 Å². The Kier molecular flexibility index (Phi) is 2.35. The Labute approximate surface area is 102 Å². The van der Waals surface area contributed by atoms with Crippen molar-refractivity contribution in [2.75, 3.05) is 6.54 Å². The van der Waals surface area contributed by atoms with E-state index in [0.29, 0.717) is 0 Å². The zero-order chi connectivity index (χ0) is 11.9. The lowest BCUT2D eigenvalue weighted by Crippen LogP contribution is -2.58. The molecule has 1 aliphatic carbocycles. The molecule has 0 saturated heterocycles. The first-order chi connectivity index (χ1) is 8.20. The topological polar surface area (TPSA) is 41.6 Å². The van der Waals surface area contributed by atoms with Crippen molar-refractivity contribution in [3.63, 3.8) is 0 Å². The first kappa shape index (κ1) is 10.6. The second-order valence-corrected chi connectivity index (χ2v) is 5.48. The lowest BCUT2D eigenvalue weighted by Gasteiger charge is -2.50. The number of nitrogens with two attached hydrogens (primary N) is 1.